The molecular weight excluding hydrogens is 286 g/mol. The number of imide groups is 1. The van der Waals surface area contributed by atoms with Gasteiger partial charge in [0, 0.05) is 25.0 Å². The topological polar surface area (TPSA) is 96.3 Å². The smallest absolute Gasteiger partial charge is 0.325 e. The predicted octanol–water partition coefficient (Wildman–Crippen LogP) is 0.108. The first-order chi connectivity index (χ1) is 10.3. The van der Waals surface area contributed by atoms with Crippen LogP contribution >= 0.6 is 0 Å². The highest BCUT2D eigenvalue weighted by atomic mass is 16.2. The minimum Gasteiger partial charge on any atom is -0.350 e. The second kappa shape index (κ2) is 6.17. The van der Waals surface area contributed by atoms with E-state index in [2.05, 4.69) is 15.6 Å². The number of nitrogens with zero attached hydrogens (tertiary/aromatic N) is 3. The highest BCUT2D eigenvalue weighted by molar-refractivity contribution is 6.08. The molecule has 1 saturated heterocycles. The molecule has 120 valence electrons. The summed E-state index contributed by atoms with van der Waals surface area (Å²) in [6.45, 7) is 5.50. The summed E-state index contributed by atoms with van der Waals surface area (Å²) in [5.74, 6) is -0.747. The number of carbonyl (C=O) groups excluding carboxylic acids is 3. The van der Waals surface area contributed by atoms with Gasteiger partial charge in [0.2, 0.25) is 5.91 Å². The van der Waals surface area contributed by atoms with E-state index in [0.717, 1.165) is 11.3 Å². The molecule has 0 aromatic carbocycles. The molecule has 1 aliphatic rings. The summed E-state index contributed by atoms with van der Waals surface area (Å²) in [5.41, 5.74) is -0.960. The number of hydrogen-bond donors (Lipinski definition) is 2. The first-order valence-electron chi connectivity index (χ1n) is 7.22. The van der Waals surface area contributed by atoms with Crippen molar-refractivity contribution in [3.8, 4) is 0 Å². The van der Waals surface area contributed by atoms with Gasteiger partial charge < -0.3 is 15.2 Å². The lowest BCUT2D eigenvalue weighted by Crippen LogP contribution is -2.46. The van der Waals surface area contributed by atoms with Crippen LogP contribution in [0.2, 0.25) is 0 Å². The van der Waals surface area contributed by atoms with Crippen LogP contribution in [0.25, 0.3) is 0 Å². The van der Waals surface area contributed by atoms with E-state index in [0.29, 0.717) is 6.54 Å². The molecule has 4 amide bonds. The van der Waals surface area contributed by atoms with Gasteiger partial charge >= 0.3 is 6.03 Å². The molecular formula is C14H21N5O3. The molecule has 8 heteroatoms. The van der Waals surface area contributed by atoms with Gasteiger partial charge in [-0.25, -0.2) is 9.78 Å². The summed E-state index contributed by atoms with van der Waals surface area (Å²) in [6.07, 6.45) is 5.89. The first kappa shape index (κ1) is 16.0. The molecule has 0 spiro atoms. The summed E-state index contributed by atoms with van der Waals surface area (Å²) in [5, 5.41) is 5.39. The van der Waals surface area contributed by atoms with E-state index in [1.54, 1.807) is 26.4 Å². The second-order valence-corrected chi connectivity index (χ2v) is 5.88. The Labute approximate surface area is 128 Å². The van der Waals surface area contributed by atoms with Gasteiger partial charge in [0.05, 0.1) is 6.33 Å². The maximum absolute atomic E-state index is 12.1. The van der Waals surface area contributed by atoms with Crippen LogP contribution in [-0.4, -0.2) is 50.4 Å². The number of urea groups is 1. The molecule has 2 rings (SSSR count). The van der Waals surface area contributed by atoms with Crippen LogP contribution in [0, 0.1) is 0 Å². The Bertz CT molecular complexity index is 567. The zero-order valence-corrected chi connectivity index (χ0v) is 13.0. The Kier molecular flexibility index (Phi) is 4.48. The number of nitrogens with one attached hydrogen (secondary N) is 2. The Morgan fingerprint density at radius 3 is 2.68 bits per heavy atom. The summed E-state index contributed by atoms with van der Waals surface area (Å²) in [6, 6.07) is -0.622. The SMILES string of the molecule is CC[C@H](Cn1ccnc1)NC(=O)CN1C(=O)NC(C)(C)C1=O. The van der Waals surface area contributed by atoms with Gasteiger partial charge in [0.15, 0.2) is 0 Å². The third kappa shape index (κ3) is 3.44. The highest BCUT2D eigenvalue weighted by Crippen LogP contribution is 2.16. The molecule has 0 aliphatic carbocycles. The summed E-state index contributed by atoms with van der Waals surface area (Å²) in [7, 11) is 0. The van der Waals surface area contributed by atoms with Crippen molar-refractivity contribution in [1.82, 2.24) is 25.1 Å². The Morgan fingerprint density at radius 1 is 1.45 bits per heavy atom. The summed E-state index contributed by atoms with van der Waals surface area (Å²) >= 11 is 0. The largest absolute Gasteiger partial charge is 0.350 e. The van der Waals surface area contributed by atoms with Crippen molar-refractivity contribution in [3.05, 3.63) is 18.7 Å². The van der Waals surface area contributed by atoms with Crippen LogP contribution in [0.4, 0.5) is 4.79 Å². The minimum atomic E-state index is -0.960. The third-order valence-corrected chi connectivity index (χ3v) is 3.59. The van der Waals surface area contributed by atoms with Crippen molar-refractivity contribution in [2.24, 2.45) is 0 Å². The van der Waals surface area contributed by atoms with Crippen LogP contribution < -0.4 is 10.6 Å². The van der Waals surface area contributed by atoms with Crippen molar-refractivity contribution in [1.29, 1.82) is 0 Å². The average Bonchev–Trinajstić information content (AvgIpc) is 3.01. The number of hydrogen-bond acceptors (Lipinski definition) is 4. The number of rotatable bonds is 6. The normalized spacial score (nSPS) is 18.2. The van der Waals surface area contributed by atoms with Crippen molar-refractivity contribution in [2.75, 3.05) is 6.54 Å². The van der Waals surface area contributed by atoms with Gasteiger partial charge in [-0.15, -0.1) is 0 Å². The molecule has 1 aromatic rings. The van der Waals surface area contributed by atoms with E-state index in [4.69, 9.17) is 0 Å². The number of aromatic nitrogens is 2. The Balaban J connectivity index is 1.92. The lowest BCUT2D eigenvalue weighted by molar-refractivity contribution is -0.134. The van der Waals surface area contributed by atoms with Crippen molar-refractivity contribution < 1.29 is 14.4 Å². The fraction of sp³-hybridized carbons (Fsp3) is 0.571. The fourth-order valence-electron chi connectivity index (χ4n) is 2.30. The number of imidazole rings is 1. The van der Waals surface area contributed by atoms with Crippen LogP contribution in [-0.2, 0) is 16.1 Å². The van der Waals surface area contributed by atoms with Gasteiger partial charge in [0.25, 0.3) is 5.91 Å². The minimum absolute atomic E-state index is 0.0875. The van der Waals surface area contributed by atoms with Gasteiger partial charge in [-0.3, -0.25) is 14.5 Å². The maximum atomic E-state index is 12.1. The average molecular weight is 307 g/mol. The molecule has 22 heavy (non-hydrogen) atoms. The molecule has 8 nitrogen and oxygen atoms in total. The van der Waals surface area contributed by atoms with Crippen molar-refractivity contribution >= 4 is 17.8 Å². The molecule has 0 bridgehead atoms. The molecule has 1 aliphatic heterocycles. The van der Waals surface area contributed by atoms with E-state index in [1.807, 2.05) is 17.7 Å². The van der Waals surface area contributed by atoms with E-state index < -0.39 is 17.5 Å². The van der Waals surface area contributed by atoms with Crippen molar-refractivity contribution in [3.63, 3.8) is 0 Å². The van der Waals surface area contributed by atoms with E-state index >= 15 is 0 Å². The molecule has 0 saturated carbocycles. The van der Waals surface area contributed by atoms with Crippen LogP contribution in [0.3, 0.4) is 0 Å². The molecule has 2 heterocycles. The molecule has 1 atom stereocenters. The molecule has 0 unspecified atom stereocenters. The highest BCUT2D eigenvalue weighted by Gasteiger charge is 2.44. The standard InChI is InChI=1S/C14H21N5O3/c1-4-10(7-18-6-5-15-9-18)16-11(20)8-19-12(21)14(2,3)17-13(19)22/h5-6,9-10H,4,7-8H2,1-3H3,(H,16,20)(H,17,22)/t10-/m1/s1. The summed E-state index contributed by atoms with van der Waals surface area (Å²) < 4.78 is 1.87. The summed E-state index contributed by atoms with van der Waals surface area (Å²) in [4.78, 5) is 40.8. The lowest BCUT2D eigenvalue weighted by atomic mass is 10.1. The zero-order chi connectivity index (χ0) is 16.3. The van der Waals surface area contributed by atoms with Crippen LogP contribution in [0.5, 0.6) is 0 Å². The Hall–Kier alpha value is -2.38. The van der Waals surface area contributed by atoms with Crippen molar-refractivity contribution in [2.45, 2.75) is 45.3 Å². The van der Waals surface area contributed by atoms with Crippen LogP contribution in [0.1, 0.15) is 27.2 Å². The second-order valence-electron chi connectivity index (χ2n) is 5.88. The van der Waals surface area contributed by atoms with E-state index in [1.165, 1.54) is 0 Å². The molecule has 1 aromatic heterocycles. The van der Waals surface area contributed by atoms with Gasteiger partial charge in [-0.2, -0.15) is 0 Å². The first-order valence-corrected chi connectivity index (χ1v) is 7.22. The van der Waals surface area contributed by atoms with E-state index in [9.17, 15) is 14.4 Å². The van der Waals surface area contributed by atoms with Gasteiger partial charge in [0.1, 0.15) is 12.1 Å². The van der Waals surface area contributed by atoms with E-state index in [-0.39, 0.29) is 18.5 Å². The monoisotopic (exact) mass is 307 g/mol. The van der Waals surface area contributed by atoms with Gasteiger partial charge in [-0.05, 0) is 20.3 Å². The third-order valence-electron chi connectivity index (χ3n) is 3.59. The number of amides is 4. The molecule has 2 N–H and O–H groups in total. The van der Waals surface area contributed by atoms with Gasteiger partial charge in [-0.1, -0.05) is 6.92 Å². The fourth-order valence-corrected chi connectivity index (χ4v) is 2.30. The molecule has 1 fully saturated rings. The number of carbonyl (C=O) groups is 3. The zero-order valence-electron chi connectivity index (χ0n) is 13.0. The quantitative estimate of drug-likeness (QED) is 0.729. The predicted molar refractivity (Wildman–Crippen MR) is 78.8 cm³/mol. The Morgan fingerprint density at radius 2 is 2.18 bits per heavy atom. The maximum Gasteiger partial charge on any atom is 0.325 e. The van der Waals surface area contributed by atoms with Crippen LogP contribution in [0.15, 0.2) is 18.7 Å². The molecule has 0 radical (unpaired) electrons. The lowest BCUT2D eigenvalue weighted by Gasteiger charge is -2.20.